The molecular weight excluding hydrogens is 272 g/mol. The van der Waals surface area contributed by atoms with E-state index < -0.39 is 0 Å². The van der Waals surface area contributed by atoms with E-state index in [0.717, 1.165) is 5.06 Å². The molecule has 0 fully saturated rings. The topological polar surface area (TPSA) is 88.6 Å². The number of carbonyl (C=O) groups is 2. The first kappa shape index (κ1) is 16.6. The SMILES string of the molecule is CCN([O-])c1ccc(/C=C/C(=O)NCC(=O)N(C)C)cn1. The van der Waals surface area contributed by atoms with Crippen molar-refractivity contribution < 1.29 is 9.59 Å². The van der Waals surface area contributed by atoms with E-state index in [1.54, 1.807) is 39.2 Å². The van der Waals surface area contributed by atoms with Crippen LogP contribution in [0.1, 0.15) is 12.5 Å². The second kappa shape index (κ2) is 8.01. The van der Waals surface area contributed by atoms with Crippen LogP contribution in [0, 0.1) is 5.21 Å². The van der Waals surface area contributed by atoms with Crippen molar-refractivity contribution >= 4 is 23.7 Å². The number of hydroxylamine groups is 1. The molecular formula is C14H19N4O3-. The van der Waals surface area contributed by atoms with E-state index in [4.69, 9.17) is 0 Å². The van der Waals surface area contributed by atoms with Crippen LogP contribution in [0.3, 0.4) is 0 Å². The van der Waals surface area contributed by atoms with E-state index in [0.29, 0.717) is 17.9 Å². The summed E-state index contributed by atoms with van der Waals surface area (Å²) < 4.78 is 0. The molecule has 0 saturated carbocycles. The molecule has 0 radical (unpaired) electrons. The Kier molecular flexibility index (Phi) is 6.35. The number of hydrogen-bond acceptors (Lipinski definition) is 5. The Morgan fingerprint density at radius 2 is 2.10 bits per heavy atom. The molecule has 1 rings (SSSR count). The van der Waals surface area contributed by atoms with E-state index in [1.807, 2.05) is 0 Å². The molecule has 0 aliphatic heterocycles. The first-order valence-electron chi connectivity index (χ1n) is 6.50. The van der Waals surface area contributed by atoms with E-state index in [1.165, 1.54) is 17.2 Å². The molecule has 0 spiro atoms. The van der Waals surface area contributed by atoms with Crippen molar-refractivity contribution in [2.75, 3.05) is 32.2 Å². The normalized spacial score (nSPS) is 10.5. The van der Waals surface area contributed by atoms with Gasteiger partial charge >= 0.3 is 0 Å². The minimum atomic E-state index is -0.367. The summed E-state index contributed by atoms with van der Waals surface area (Å²) in [5.41, 5.74) is 0.692. The van der Waals surface area contributed by atoms with Crippen molar-refractivity contribution in [3.63, 3.8) is 0 Å². The van der Waals surface area contributed by atoms with Gasteiger partial charge in [-0.05, 0) is 30.7 Å². The predicted molar refractivity (Wildman–Crippen MR) is 81.4 cm³/mol. The predicted octanol–water partition coefficient (Wildman–Crippen LogP) is 0.623. The lowest BCUT2D eigenvalue weighted by Crippen LogP contribution is -2.35. The Labute approximate surface area is 123 Å². The summed E-state index contributed by atoms with van der Waals surface area (Å²) >= 11 is 0. The van der Waals surface area contributed by atoms with Gasteiger partial charge in [0.15, 0.2) is 0 Å². The molecule has 21 heavy (non-hydrogen) atoms. The fourth-order valence-corrected chi connectivity index (χ4v) is 1.36. The van der Waals surface area contributed by atoms with Gasteiger partial charge in [-0.3, -0.25) is 9.59 Å². The highest BCUT2D eigenvalue weighted by molar-refractivity contribution is 5.94. The quantitative estimate of drug-likeness (QED) is 0.613. The van der Waals surface area contributed by atoms with Crippen molar-refractivity contribution in [3.05, 3.63) is 35.2 Å². The summed E-state index contributed by atoms with van der Waals surface area (Å²) in [5.74, 6) is -0.221. The van der Waals surface area contributed by atoms with Crippen LogP contribution in [0.25, 0.3) is 6.08 Å². The average Bonchev–Trinajstić information content (AvgIpc) is 2.50. The molecule has 1 aromatic rings. The first-order valence-corrected chi connectivity index (χ1v) is 6.50. The van der Waals surface area contributed by atoms with Crippen LogP contribution in [-0.2, 0) is 9.59 Å². The van der Waals surface area contributed by atoms with Crippen molar-refractivity contribution in [2.45, 2.75) is 6.92 Å². The van der Waals surface area contributed by atoms with Crippen molar-refractivity contribution in [2.24, 2.45) is 0 Å². The lowest BCUT2D eigenvalue weighted by Gasteiger charge is -2.27. The minimum Gasteiger partial charge on any atom is -0.757 e. The van der Waals surface area contributed by atoms with Gasteiger partial charge in [-0.25, -0.2) is 4.98 Å². The molecule has 7 heteroatoms. The molecule has 1 heterocycles. The zero-order valence-corrected chi connectivity index (χ0v) is 12.4. The third-order valence-electron chi connectivity index (χ3n) is 2.65. The largest absolute Gasteiger partial charge is 0.757 e. The van der Waals surface area contributed by atoms with Gasteiger partial charge in [-0.15, -0.1) is 0 Å². The Morgan fingerprint density at radius 1 is 1.38 bits per heavy atom. The summed E-state index contributed by atoms with van der Waals surface area (Å²) in [4.78, 5) is 28.2. The van der Waals surface area contributed by atoms with E-state index in [9.17, 15) is 14.8 Å². The zero-order chi connectivity index (χ0) is 15.8. The molecule has 1 aromatic heterocycles. The molecule has 7 nitrogen and oxygen atoms in total. The molecule has 0 unspecified atom stereocenters. The molecule has 0 aromatic carbocycles. The Hall–Kier alpha value is -2.41. The van der Waals surface area contributed by atoms with E-state index in [-0.39, 0.29) is 18.4 Å². The van der Waals surface area contributed by atoms with Gasteiger partial charge in [0.1, 0.15) is 5.82 Å². The number of aromatic nitrogens is 1. The van der Waals surface area contributed by atoms with Gasteiger partial charge in [-0.1, -0.05) is 0 Å². The maximum absolute atomic E-state index is 11.5. The lowest BCUT2D eigenvalue weighted by atomic mass is 10.2. The summed E-state index contributed by atoms with van der Waals surface area (Å²) in [7, 11) is 3.24. The van der Waals surface area contributed by atoms with Crippen LogP contribution in [0.4, 0.5) is 5.82 Å². The number of nitrogens with one attached hydrogen (secondary N) is 1. The summed E-state index contributed by atoms with van der Waals surface area (Å²) in [6.45, 7) is 2.02. The molecule has 0 bridgehead atoms. The van der Waals surface area contributed by atoms with Crippen LogP contribution < -0.4 is 10.4 Å². The van der Waals surface area contributed by atoms with Gasteiger partial charge in [0.2, 0.25) is 11.8 Å². The number of hydrogen-bond donors (Lipinski definition) is 1. The monoisotopic (exact) mass is 291 g/mol. The third kappa shape index (κ3) is 5.62. The van der Waals surface area contributed by atoms with Gasteiger partial charge in [0.25, 0.3) is 0 Å². The third-order valence-corrected chi connectivity index (χ3v) is 2.65. The van der Waals surface area contributed by atoms with Crippen LogP contribution in [0.15, 0.2) is 24.4 Å². The fourth-order valence-electron chi connectivity index (χ4n) is 1.36. The maximum atomic E-state index is 11.5. The fraction of sp³-hybridized carbons (Fsp3) is 0.357. The minimum absolute atomic E-state index is 0.0466. The molecule has 114 valence electrons. The number of carbonyl (C=O) groups excluding carboxylic acids is 2. The van der Waals surface area contributed by atoms with Gasteiger partial charge in [0, 0.05) is 32.9 Å². The van der Waals surface area contributed by atoms with Crippen LogP contribution >= 0.6 is 0 Å². The standard InChI is InChI=1S/C14H19N4O3/c1-4-18(21)12-7-5-11(9-15-12)6-8-13(19)16-10-14(20)17(2)3/h5-9H,4,10H2,1-3H3,(H,16,19)/q-1/b8-6+. The van der Waals surface area contributed by atoms with Crippen molar-refractivity contribution in [1.82, 2.24) is 15.2 Å². The molecule has 0 atom stereocenters. The first-order chi connectivity index (χ1) is 9.93. The number of likely N-dealkylation sites (N-methyl/N-ethyl adjacent to an activating group) is 1. The smallest absolute Gasteiger partial charge is 0.244 e. The van der Waals surface area contributed by atoms with Crippen molar-refractivity contribution in [3.8, 4) is 0 Å². The molecule has 1 N–H and O–H groups in total. The highest BCUT2D eigenvalue weighted by Crippen LogP contribution is 2.10. The van der Waals surface area contributed by atoms with Crippen LogP contribution in [0.5, 0.6) is 0 Å². The number of pyridine rings is 1. The van der Waals surface area contributed by atoms with Gasteiger partial charge in [0.05, 0.1) is 6.54 Å². The Morgan fingerprint density at radius 3 is 2.62 bits per heavy atom. The summed E-state index contributed by atoms with van der Waals surface area (Å²) in [6, 6.07) is 3.28. The second-order valence-electron chi connectivity index (χ2n) is 4.48. The number of nitrogens with zero attached hydrogens (tertiary/aromatic N) is 3. The average molecular weight is 291 g/mol. The Balaban J connectivity index is 2.52. The lowest BCUT2D eigenvalue weighted by molar-refractivity contribution is -0.129. The Bertz CT molecular complexity index is 511. The molecule has 0 aliphatic rings. The molecule has 2 amide bonds. The van der Waals surface area contributed by atoms with Crippen molar-refractivity contribution in [1.29, 1.82) is 0 Å². The van der Waals surface area contributed by atoms with Gasteiger partial charge < -0.3 is 20.5 Å². The highest BCUT2D eigenvalue weighted by Gasteiger charge is 2.04. The number of anilines is 1. The molecule has 0 saturated heterocycles. The van der Waals surface area contributed by atoms with E-state index >= 15 is 0 Å². The summed E-state index contributed by atoms with van der Waals surface area (Å²) in [6.07, 6.45) is 4.38. The van der Waals surface area contributed by atoms with Crippen LogP contribution in [0.2, 0.25) is 0 Å². The summed E-state index contributed by atoms with van der Waals surface area (Å²) in [5, 5.41) is 14.6. The number of amides is 2. The zero-order valence-electron chi connectivity index (χ0n) is 12.4. The van der Waals surface area contributed by atoms with E-state index in [2.05, 4.69) is 10.3 Å². The molecule has 0 aliphatic carbocycles. The maximum Gasteiger partial charge on any atom is 0.244 e. The van der Waals surface area contributed by atoms with Crippen LogP contribution in [-0.4, -0.2) is 48.9 Å². The highest BCUT2D eigenvalue weighted by atomic mass is 16.5. The van der Waals surface area contributed by atoms with Gasteiger partial charge in [-0.2, -0.15) is 0 Å². The second-order valence-corrected chi connectivity index (χ2v) is 4.48. The number of rotatable bonds is 6.